The number of esters is 1. The molecule has 0 radical (unpaired) electrons. The van der Waals surface area contributed by atoms with Crippen molar-refractivity contribution in [3.05, 3.63) is 0 Å². The fourth-order valence-electron chi connectivity index (χ4n) is 4.33. The smallest absolute Gasteiger partial charge is 0.311 e. The van der Waals surface area contributed by atoms with Crippen LogP contribution >= 0.6 is 0 Å². The topological polar surface area (TPSA) is 46.5 Å². The Bertz CT molecular complexity index is 323. The van der Waals surface area contributed by atoms with Crippen molar-refractivity contribution in [1.29, 1.82) is 0 Å². The van der Waals surface area contributed by atoms with Gasteiger partial charge in [-0.1, -0.05) is 27.2 Å². The molecule has 1 N–H and O–H groups in total. The van der Waals surface area contributed by atoms with Crippen molar-refractivity contribution in [2.24, 2.45) is 22.7 Å². The van der Waals surface area contributed by atoms with E-state index >= 15 is 0 Å². The highest BCUT2D eigenvalue weighted by molar-refractivity contribution is 5.73. The van der Waals surface area contributed by atoms with Gasteiger partial charge in [0, 0.05) is 0 Å². The first-order chi connectivity index (χ1) is 7.83. The van der Waals surface area contributed by atoms with Crippen LogP contribution in [0, 0.1) is 22.7 Å². The lowest BCUT2D eigenvalue weighted by Gasteiger charge is -2.48. The number of carbonyl (C=O) groups is 1. The predicted octanol–water partition coefficient (Wildman–Crippen LogP) is 2.37. The van der Waals surface area contributed by atoms with Gasteiger partial charge in [-0.3, -0.25) is 4.79 Å². The molecule has 2 aliphatic rings. The van der Waals surface area contributed by atoms with Crippen LogP contribution in [0.2, 0.25) is 0 Å². The lowest BCUT2D eigenvalue weighted by Crippen LogP contribution is -2.44. The molecular formula is C14H24O3. The van der Waals surface area contributed by atoms with Gasteiger partial charge in [0.05, 0.1) is 19.1 Å². The Morgan fingerprint density at radius 2 is 1.94 bits per heavy atom. The molecule has 0 aliphatic heterocycles. The van der Waals surface area contributed by atoms with Gasteiger partial charge in [-0.2, -0.15) is 0 Å². The lowest BCUT2D eigenvalue weighted by atomic mass is 9.57. The molecule has 0 amide bonds. The molecule has 0 heterocycles. The van der Waals surface area contributed by atoms with Gasteiger partial charge in [0.1, 0.15) is 0 Å². The summed E-state index contributed by atoms with van der Waals surface area (Å²) >= 11 is 0. The van der Waals surface area contributed by atoms with E-state index in [1.165, 1.54) is 13.5 Å². The minimum Gasteiger partial charge on any atom is -0.469 e. The van der Waals surface area contributed by atoms with E-state index < -0.39 is 6.10 Å². The third-order valence-corrected chi connectivity index (χ3v) is 5.33. The zero-order chi connectivity index (χ0) is 12.8. The summed E-state index contributed by atoms with van der Waals surface area (Å²) in [6.45, 7) is 6.68. The second-order valence-electron chi connectivity index (χ2n) is 6.71. The van der Waals surface area contributed by atoms with Crippen LogP contribution in [0.1, 0.15) is 46.5 Å². The summed E-state index contributed by atoms with van der Waals surface area (Å²) in [5.41, 5.74) is 0.108. The van der Waals surface area contributed by atoms with Crippen LogP contribution in [-0.4, -0.2) is 24.3 Å². The number of fused-ring (bicyclic) bond motifs is 1. The van der Waals surface area contributed by atoms with Crippen LogP contribution in [0.4, 0.5) is 0 Å². The van der Waals surface area contributed by atoms with E-state index in [4.69, 9.17) is 4.74 Å². The van der Waals surface area contributed by atoms with Crippen molar-refractivity contribution >= 4 is 5.97 Å². The molecule has 17 heavy (non-hydrogen) atoms. The molecule has 0 bridgehead atoms. The highest BCUT2D eigenvalue weighted by Gasteiger charge is 2.59. The van der Waals surface area contributed by atoms with E-state index in [1.807, 2.05) is 0 Å². The minimum atomic E-state index is -0.542. The maximum absolute atomic E-state index is 11.7. The number of hydrogen-bond donors (Lipinski definition) is 1. The number of methoxy groups -OCH3 is 1. The van der Waals surface area contributed by atoms with Crippen LogP contribution < -0.4 is 0 Å². The fourth-order valence-corrected chi connectivity index (χ4v) is 4.33. The van der Waals surface area contributed by atoms with Crippen molar-refractivity contribution in [3.63, 3.8) is 0 Å². The summed E-state index contributed by atoms with van der Waals surface area (Å²) in [5.74, 6) is -0.154. The molecule has 4 atom stereocenters. The predicted molar refractivity (Wildman–Crippen MR) is 65.4 cm³/mol. The number of ether oxygens (including phenoxy) is 1. The molecule has 98 valence electrons. The van der Waals surface area contributed by atoms with E-state index in [1.54, 1.807) is 0 Å². The standard InChI is InChI=1S/C14H24O3/c1-13(2)6-5-7-14(3)10(13)8-9(11(14)15)12(16)17-4/h9-11,15H,5-8H2,1-4H3/t9-,10+,11+,14-/m1/s1. The second-order valence-corrected chi connectivity index (χ2v) is 6.71. The third kappa shape index (κ3) is 1.79. The van der Waals surface area contributed by atoms with Gasteiger partial charge in [-0.25, -0.2) is 0 Å². The molecule has 0 unspecified atom stereocenters. The fraction of sp³-hybridized carbons (Fsp3) is 0.929. The SMILES string of the molecule is COC(=O)[C@@H]1C[C@H]2C(C)(C)CCC[C@@]2(C)[C@H]1O. The summed E-state index contributed by atoms with van der Waals surface area (Å²) in [4.78, 5) is 11.7. The lowest BCUT2D eigenvalue weighted by molar-refractivity contribution is -0.150. The van der Waals surface area contributed by atoms with Crippen molar-refractivity contribution in [2.45, 2.75) is 52.6 Å². The first-order valence-corrected chi connectivity index (χ1v) is 6.59. The number of carbonyl (C=O) groups excluding carboxylic acids is 1. The van der Waals surface area contributed by atoms with Gasteiger partial charge >= 0.3 is 5.97 Å². The number of aliphatic hydroxyl groups is 1. The van der Waals surface area contributed by atoms with Crippen molar-refractivity contribution < 1.29 is 14.6 Å². The van der Waals surface area contributed by atoms with Crippen molar-refractivity contribution in [2.75, 3.05) is 7.11 Å². The molecule has 3 heteroatoms. The van der Waals surface area contributed by atoms with E-state index in [9.17, 15) is 9.90 Å². The average molecular weight is 240 g/mol. The van der Waals surface area contributed by atoms with Crippen LogP contribution in [0.25, 0.3) is 0 Å². The van der Waals surface area contributed by atoms with Crippen LogP contribution in [0.5, 0.6) is 0 Å². The molecule has 2 saturated carbocycles. The Morgan fingerprint density at radius 3 is 2.47 bits per heavy atom. The molecule has 3 nitrogen and oxygen atoms in total. The quantitative estimate of drug-likeness (QED) is 0.716. The van der Waals surface area contributed by atoms with Gasteiger partial charge in [-0.15, -0.1) is 0 Å². The average Bonchev–Trinajstić information content (AvgIpc) is 2.52. The Balaban J connectivity index is 2.30. The maximum atomic E-state index is 11.7. The van der Waals surface area contributed by atoms with Gasteiger partial charge in [0.25, 0.3) is 0 Å². The van der Waals surface area contributed by atoms with Crippen molar-refractivity contribution in [3.8, 4) is 0 Å². The maximum Gasteiger partial charge on any atom is 0.311 e. The summed E-state index contributed by atoms with van der Waals surface area (Å²) in [5, 5.41) is 10.5. The number of aliphatic hydroxyl groups excluding tert-OH is 1. The van der Waals surface area contributed by atoms with Crippen LogP contribution in [0.3, 0.4) is 0 Å². The molecule has 0 saturated heterocycles. The molecular weight excluding hydrogens is 216 g/mol. The highest BCUT2D eigenvalue weighted by Crippen LogP contribution is 2.60. The monoisotopic (exact) mass is 240 g/mol. The number of rotatable bonds is 1. The normalized spacial score (nSPS) is 44.2. The van der Waals surface area contributed by atoms with Crippen LogP contribution in [0.15, 0.2) is 0 Å². The first-order valence-electron chi connectivity index (χ1n) is 6.59. The Morgan fingerprint density at radius 1 is 1.29 bits per heavy atom. The Hall–Kier alpha value is -0.570. The number of hydrogen-bond acceptors (Lipinski definition) is 3. The zero-order valence-electron chi connectivity index (χ0n) is 11.3. The summed E-state index contributed by atoms with van der Waals surface area (Å²) in [7, 11) is 1.41. The van der Waals surface area contributed by atoms with E-state index in [-0.39, 0.29) is 22.7 Å². The molecule has 0 aromatic heterocycles. The zero-order valence-corrected chi connectivity index (χ0v) is 11.3. The van der Waals surface area contributed by atoms with Gasteiger partial charge in [0.2, 0.25) is 0 Å². The second kappa shape index (κ2) is 3.98. The third-order valence-electron chi connectivity index (χ3n) is 5.33. The molecule has 0 spiro atoms. The minimum absolute atomic E-state index is 0.111. The van der Waals surface area contributed by atoms with Gasteiger partial charge in [0.15, 0.2) is 0 Å². The van der Waals surface area contributed by atoms with Crippen LogP contribution in [-0.2, 0) is 9.53 Å². The molecule has 2 fully saturated rings. The molecule has 0 aromatic carbocycles. The first kappa shape index (κ1) is 12.9. The van der Waals surface area contributed by atoms with Gasteiger partial charge in [-0.05, 0) is 36.0 Å². The molecule has 2 rings (SSSR count). The summed E-state index contributed by atoms with van der Waals surface area (Å²) in [6.07, 6.45) is 3.59. The largest absolute Gasteiger partial charge is 0.469 e. The van der Waals surface area contributed by atoms with E-state index in [2.05, 4.69) is 20.8 Å². The Labute approximate surface area is 104 Å². The Kier molecular flexibility index (Phi) is 3.01. The van der Waals surface area contributed by atoms with E-state index in [0.29, 0.717) is 5.92 Å². The molecule has 0 aromatic rings. The van der Waals surface area contributed by atoms with Gasteiger partial charge < -0.3 is 9.84 Å². The summed E-state index contributed by atoms with van der Waals surface area (Å²) < 4.78 is 4.82. The highest BCUT2D eigenvalue weighted by atomic mass is 16.5. The summed E-state index contributed by atoms with van der Waals surface area (Å²) in [6, 6.07) is 0. The van der Waals surface area contributed by atoms with E-state index in [0.717, 1.165) is 19.3 Å². The molecule has 2 aliphatic carbocycles. The van der Waals surface area contributed by atoms with Crippen molar-refractivity contribution in [1.82, 2.24) is 0 Å².